The van der Waals surface area contributed by atoms with Crippen molar-refractivity contribution in [1.82, 2.24) is 0 Å². The van der Waals surface area contributed by atoms with E-state index in [9.17, 15) is 15.3 Å². The number of aliphatic hydroxyl groups excluding tert-OH is 3. The highest BCUT2D eigenvalue weighted by atomic mass is 16.8. The maximum atomic E-state index is 10.6. The highest BCUT2D eigenvalue weighted by Crippen LogP contribution is 2.35. The van der Waals surface area contributed by atoms with E-state index in [-0.39, 0.29) is 19.6 Å². The standard InChI is InChI=1S/C24H43N3O14/c1-31-10-13-17(41-24-20(35-5)18(33-3)15(29)12(9-28)39-24)19(34-4)21(36-6)23(40-13)38-11-7-8-37-22(30)14(26-27-25)16(11)32-2/h11-24,28-30H,7-10H2,1-6H3/t11-,12-,13-,14-,15+,16?,17+,18?,19?,20?,21?,22-,23+,24+/m0/s1. The molecule has 3 aliphatic heterocycles. The van der Waals surface area contributed by atoms with Gasteiger partial charge in [0.05, 0.1) is 32.0 Å². The van der Waals surface area contributed by atoms with Crippen molar-refractivity contribution in [3.63, 3.8) is 0 Å². The maximum absolute atomic E-state index is 10.6. The van der Waals surface area contributed by atoms with Crippen LogP contribution in [0.15, 0.2) is 5.11 Å². The second-order valence-electron chi connectivity index (χ2n) is 9.74. The van der Waals surface area contributed by atoms with Crippen LogP contribution < -0.4 is 0 Å². The lowest BCUT2D eigenvalue weighted by atomic mass is 9.96. The van der Waals surface area contributed by atoms with Crippen LogP contribution in [-0.2, 0) is 52.1 Å². The highest BCUT2D eigenvalue weighted by Gasteiger charge is 2.54. The van der Waals surface area contributed by atoms with Crippen LogP contribution in [0.4, 0.5) is 0 Å². The van der Waals surface area contributed by atoms with E-state index in [1.807, 2.05) is 0 Å². The molecule has 0 spiro atoms. The third-order valence-corrected chi connectivity index (χ3v) is 7.55. The van der Waals surface area contributed by atoms with E-state index in [4.69, 9.17) is 57.6 Å². The third-order valence-electron chi connectivity index (χ3n) is 7.55. The minimum atomic E-state index is -1.39. The van der Waals surface area contributed by atoms with Crippen molar-refractivity contribution < 1.29 is 67.4 Å². The first-order valence-electron chi connectivity index (χ1n) is 13.2. The van der Waals surface area contributed by atoms with Crippen LogP contribution in [0, 0.1) is 0 Å². The zero-order chi connectivity index (χ0) is 30.1. The van der Waals surface area contributed by atoms with Crippen molar-refractivity contribution in [1.29, 1.82) is 0 Å². The van der Waals surface area contributed by atoms with Gasteiger partial charge in [-0.2, -0.15) is 0 Å². The average molecular weight is 598 g/mol. The fraction of sp³-hybridized carbons (Fsp3) is 1.00. The molecule has 3 fully saturated rings. The highest BCUT2D eigenvalue weighted by molar-refractivity contribution is 4.97. The molecule has 3 rings (SSSR count). The first kappa shape index (κ1) is 34.2. The summed E-state index contributed by atoms with van der Waals surface area (Å²) in [7, 11) is 8.65. The maximum Gasteiger partial charge on any atom is 0.187 e. The summed E-state index contributed by atoms with van der Waals surface area (Å²) in [6, 6.07) is -1.08. The Labute approximate surface area is 238 Å². The number of rotatable bonds is 13. The van der Waals surface area contributed by atoms with Gasteiger partial charge in [0.15, 0.2) is 18.9 Å². The minimum absolute atomic E-state index is 0.0481. The van der Waals surface area contributed by atoms with Gasteiger partial charge >= 0.3 is 0 Å². The second kappa shape index (κ2) is 16.6. The minimum Gasteiger partial charge on any atom is -0.394 e. The summed E-state index contributed by atoms with van der Waals surface area (Å²) in [5.41, 5.74) is 9.02. The van der Waals surface area contributed by atoms with Gasteiger partial charge in [0.2, 0.25) is 0 Å². The van der Waals surface area contributed by atoms with E-state index in [1.54, 1.807) is 0 Å². The van der Waals surface area contributed by atoms with Crippen LogP contribution >= 0.6 is 0 Å². The molecule has 17 heteroatoms. The second-order valence-corrected chi connectivity index (χ2v) is 9.74. The van der Waals surface area contributed by atoms with Gasteiger partial charge in [0.25, 0.3) is 0 Å². The van der Waals surface area contributed by atoms with E-state index >= 15 is 0 Å². The summed E-state index contributed by atoms with van der Waals surface area (Å²) in [6.07, 6.45) is -12.1. The summed E-state index contributed by atoms with van der Waals surface area (Å²) < 4.78 is 63.8. The lowest BCUT2D eigenvalue weighted by molar-refractivity contribution is -0.371. The van der Waals surface area contributed by atoms with Crippen LogP contribution in [0.2, 0.25) is 0 Å². The molecule has 0 saturated carbocycles. The molecule has 5 unspecified atom stereocenters. The van der Waals surface area contributed by atoms with Crippen molar-refractivity contribution >= 4 is 0 Å². The van der Waals surface area contributed by atoms with Gasteiger partial charge in [0.1, 0.15) is 54.9 Å². The van der Waals surface area contributed by atoms with Crippen molar-refractivity contribution in [3.05, 3.63) is 10.4 Å². The van der Waals surface area contributed by atoms with E-state index < -0.39 is 92.6 Å². The molecular weight excluding hydrogens is 554 g/mol. The molecule has 14 atom stereocenters. The molecule has 0 aromatic rings. The Bertz CT molecular complexity index is 824. The van der Waals surface area contributed by atoms with E-state index in [2.05, 4.69) is 10.0 Å². The zero-order valence-electron chi connectivity index (χ0n) is 24.1. The molecule has 0 aromatic carbocycles. The number of nitrogens with zero attached hydrogens (tertiary/aromatic N) is 3. The predicted molar refractivity (Wildman–Crippen MR) is 136 cm³/mol. The molecule has 0 radical (unpaired) electrons. The van der Waals surface area contributed by atoms with Gasteiger partial charge in [-0.15, -0.1) is 0 Å². The van der Waals surface area contributed by atoms with Crippen molar-refractivity contribution in [3.8, 4) is 0 Å². The van der Waals surface area contributed by atoms with E-state index in [1.165, 1.54) is 42.7 Å². The largest absolute Gasteiger partial charge is 0.394 e. The average Bonchev–Trinajstić information content (AvgIpc) is 3.12. The molecule has 3 saturated heterocycles. The third kappa shape index (κ3) is 7.64. The summed E-state index contributed by atoms with van der Waals surface area (Å²) in [6.45, 7) is -0.335. The molecule has 0 aromatic heterocycles. The fourth-order valence-corrected chi connectivity index (χ4v) is 5.53. The molecule has 0 aliphatic carbocycles. The lowest BCUT2D eigenvalue weighted by Crippen LogP contribution is -2.66. The van der Waals surface area contributed by atoms with Crippen molar-refractivity contribution in [2.24, 2.45) is 5.11 Å². The van der Waals surface area contributed by atoms with Crippen LogP contribution in [-0.4, -0.2) is 164 Å². The topological polar surface area (TPSA) is 211 Å². The molecule has 3 heterocycles. The molecule has 3 aliphatic rings. The van der Waals surface area contributed by atoms with Gasteiger partial charge < -0.3 is 67.4 Å². The molecule has 17 nitrogen and oxygen atoms in total. The van der Waals surface area contributed by atoms with Gasteiger partial charge in [-0.05, 0) is 12.0 Å². The Morgan fingerprint density at radius 2 is 1.37 bits per heavy atom. The van der Waals surface area contributed by atoms with Crippen molar-refractivity contribution in [2.45, 2.75) is 92.4 Å². The van der Waals surface area contributed by atoms with Gasteiger partial charge in [0, 0.05) is 47.6 Å². The molecule has 0 amide bonds. The van der Waals surface area contributed by atoms with Crippen LogP contribution in [0.3, 0.4) is 0 Å². The zero-order valence-corrected chi connectivity index (χ0v) is 24.1. The Balaban J connectivity index is 1.88. The van der Waals surface area contributed by atoms with E-state index in [0.29, 0.717) is 0 Å². The summed E-state index contributed by atoms with van der Waals surface area (Å²) in [5.74, 6) is 0. The first-order valence-corrected chi connectivity index (χ1v) is 13.2. The SMILES string of the molecule is COC[C@@H]1O[C@@H](O[C@H]2CCO[C@H](O)[C@@H](N=[N+]=[N-])C2OC)C(OC)C(OC)[C@@H]1O[C@H]1O[C@@H](CO)[C@@H](O)C(OC)C1OC. The fourth-order valence-electron chi connectivity index (χ4n) is 5.53. The Morgan fingerprint density at radius 1 is 0.780 bits per heavy atom. The number of azide groups is 1. The summed E-state index contributed by atoms with van der Waals surface area (Å²) in [5, 5.41) is 34.3. The van der Waals surface area contributed by atoms with Gasteiger partial charge in [-0.1, -0.05) is 5.11 Å². The molecule has 41 heavy (non-hydrogen) atoms. The van der Waals surface area contributed by atoms with Crippen LogP contribution in [0.25, 0.3) is 10.4 Å². The monoisotopic (exact) mass is 597 g/mol. The van der Waals surface area contributed by atoms with Crippen molar-refractivity contribution in [2.75, 3.05) is 62.5 Å². The number of aliphatic hydroxyl groups is 3. The summed E-state index contributed by atoms with van der Waals surface area (Å²) in [4.78, 5) is 2.81. The molecule has 3 N–H and O–H groups in total. The van der Waals surface area contributed by atoms with Gasteiger partial charge in [-0.25, -0.2) is 0 Å². The molecule has 238 valence electrons. The Kier molecular flexibility index (Phi) is 13.8. The Hall–Kier alpha value is -1.25. The smallest absolute Gasteiger partial charge is 0.187 e. The number of ether oxygens (including phenoxy) is 11. The van der Waals surface area contributed by atoms with Crippen LogP contribution in [0.5, 0.6) is 0 Å². The quantitative estimate of drug-likeness (QED) is 0.128. The first-order chi connectivity index (χ1) is 19.8. The van der Waals surface area contributed by atoms with Crippen LogP contribution in [0.1, 0.15) is 6.42 Å². The normalized spacial score (nSPS) is 43.7. The summed E-state index contributed by atoms with van der Waals surface area (Å²) >= 11 is 0. The Morgan fingerprint density at radius 3 is 1.93 bits per heavy atom. The lowest BCUT2D eigenvalue weighted by Gasteiger charge is -2.49. The molecular formula is C24H43N3O14. The number of hydrogen-bond acceptors (Lipinski definition) is 15. The number of hydrogen-bond donors (Lipinski definition) is 3. The van der Waals surface area contributed by atoms with Gasteiger partial charge in [-0.3, -0.25) is 0 Å². The predicted octanol–water partition coefficient (Wildman–Crippen LogP) is -1.30. The molecule has 0 bridgehead atoms. The van der Waals surface area contributed by atoms with E-state index in [0.717, 1.165) is 0 Å². The number of methoxy groups -OCH3 is 6.